The van der Waals surface area contributed by atoms with Crippen LogP contribution >= 0.6 is 0 Å². The molecule has 1 aliphatic carbocycles. The molecule has 3 atom stereocenters. The zero-order valence-corrected chi connectivity index (χ0v) is 10.1. The normalized spacial score (nSPS) is 26.9. The van der Waals surface area contributed by atoms with Crippen molar-refractivity contribution >= 4 is 5.82 Å². The molecule has 8 heteroatoms. The van der Waals surface area contributed by atoms with Crippen LogP contribution in [0, 0.1) is 0 Å². The quantitative estimate of drug-likeness (QED) is 0.549. The van der Waals surface area contributed by atoms with Crippen LogP contribution in [0.25, 0.3) is 0 Å². The van der Waals surface area contributed by atoms with Gasteiger partial charge in [0, 0.05) is 18.8 Å². The van der Waals surface area contributed by atoms with E-state index in [0.29, 0.717) is 5.82 Å². The van der Waals surface area contributed by atoms with Crippen molar-refractivity contribution < 1.29 is 19.7 Å². The molecule has 0 spiro atoms. The Morgan fingerprint density at radius 1 is 1.53 bits per heavy atom. The fourth-order valence-electron chi connectivity index (χ4n) is 2.08. The average molecular weight is 271 g/mol. The molecule has 1 aliphatic rings. The summed E-state index contributed by atoms with van der Waals surface area (Å²) in [5.41, 5.74) is -1.08. The number of anilines is 1. The van der Waals surface area contributed by atoms with Crippen LogP contribution in [0.1, 0.15) is 6.04 Å². The van der Waals surface area contributed by atoms with Crippen LogP contribution in [-0.4, -0.2) is 50.7 Å². The summed E-state index contributed by atoms with van der Waals surface area (Å²) in [5, 5.41) is 31.0. The van der Waals surface area contributed by atoms with Crippen molar-refractivity contribution in [2.24, 2.45) is 0 Å². The molecule has 0 saturated heterocycles. The zero-order valence-electron chi connectivity index (χ0n) is 10.1. The minimum absolute atomic E-state index is 0.307. The Balaban J connectivity index is 2.48. The van der Waals surface area contributed by atoms with Crippen LogP contribution < -0.4 is 11.0 Å². The first-order valence-electron chi connectivity index (χ1n) is 5.63. The van der Waals surface area contributed by atoms with E-state index >= 15 is 0 Å². The highest BCUT2D eigenvalue weighted by Crippen LogP contribution is 2.36. The first-order chi connectivity index (χ1) is 9.01. The molecule has 1 aromatic heterocycles. The first kappa shape index (κ1) is 13.7. The van der Waals surface area contributed by atoms with Gasteiger partial charge in [-0.1, -0.05) is 0 Å². The van der Waals surface area contributed by atoms with Gasteiger partial charge in [0.2, 0.25) is 0 Å². The lowest BCUT2D eigenvalue weighted by atomic mass is 10.1. The van der Waals surface area contributed by atoms with Gasteiger partial charge in [-0.05, 0) is 6.07 Å². The van der Waals surface area contributed by atoms with Crippen LogP contribution in [0.5, 0.6) is 0 Å². The summed E-state index contributed by atoms with van der Waals surface area (Å²) in [6, 6.07) is 0.0631. The molecule has 4 N–H and O–H groups in total. The van der Waals surface area contributed by atoms with Crippen LogP contribution in [-0.2, 0) is 0 Å². The van der Waals surface area contributed by atoms with Crippen LogP contribution in [0.15, 0.2) is 28.5 Å². The maximum Gasteiger partial charge on any atom is 0.350 e. The number of nitrogens with zero attached hydrogens (tertiary/aromatic N) is 2. The summed E-state index contributed by atoms with van der Waals surface area (Å²) < 4.78 is 14.9. The molecule has 1 heterocycles. The number of aliphatic hydroxyl groups excluding tert-OH is 3. The van der Waals surface area contributed by atoms with Crippen molar-refractivity contribution in [1.29, 1.82) is 0 Å². The van der Waals surface area contributed by atoms with Crippen molar-refractivity contribution in [3.8, 4) is 0 Å². The van der Waals surface area contributed by atoms with E-state index in [1.165, 1.54) is 12.3 Å². The molecule has 1 aromatic rings. The summed E-state index contributed by atoms with van der Waals surface area (Å²) >= 11 is 0. The van der Waals surface area contributed by atoms with Gasteiger partial charge in [-0.15, -0.1) is 0 Å². The summed E-state index contributed by atoms with van der Waals surface area (Å²) in [7, 11) is 1.57. The van der Waals surface area contributed by atoms with E-state index in [2.05, 4.69) is 10.3 Å². The van der Waals surface area contributed by atoms with Gasteiger partial charge in [-0.3, -0.25) is 4.57 Å². The molecule has 0 fully saturated rings. The maximum absolute atomic E-state index is 14.0. The van der Waals surface area contributed by atoms with Crippen molar-refractivity contribution in [2.45, 2.75) is 18.2 Å². The summed E-state index contributed by atoms with van der Waals surface area (Å²) in [6.45, 7) is -0.725. The third-order valence-corrected chi connectivity index (χ3v) is 3.13. The van der Waals surface area contributed by atoms with Gasteiger partial charge in [0.1, 0.15) is 29.9 Å². The first-order valence-corrected chi connectivity index (χ1v) is 5.63. The lowest BCUT2D eigenvalue weighted by Crippen LogP contribution is -2.36. The molecule has 0 unspecified atom stereocenters. The molecule has 0 amide bonds. The number of nitrogens with one attached hydrogen (secondary N) is 1. The van der Waals surface area contributed by atoms with Gasteiger partial charge in [-0.2, -0.15) is 4.98 Å². The van der Waals surface area contributed by atoms with Gasteiger partial charge in [0.05, 0.1) is 6.61 Å². The monoisotopic (exact) mass is 271 g/mol. The van der Waals surface area contributed by atoms with E-state index in [-0.39, 0.29) is 5.57 Å². The topological polar surface area (TPSA) is 108 Å². The number of hydrogen-bond acceptors (Lipinski definition) is 6. The summed E-state index contributed by atoms with van der Waals surface area (Å²) in [6.07, 6.45) is -1.81. The number of halogens is 1. The smallest absolute Gasteiger partial charge is 0.350 e. The zero-order chi connectivity index (χ0) is 14.2. The van der Waals surface area contributed by atoms with Crippen LogP contribution in [0.2, 0.25) is 0 Å². The molecule has 7 nitrogen and oxygen atoms in total. The molecule has 104 valence electrons. The summed E-state index contributed by atoms with van der Waals surface area (Å²) in [4.78, 5) is 15.4. The Morgan fingerprint density at radius 3 is 2.68 bits per heavy atom. The van der Waals surface area contributed by atoms with Crippen molar-refractivity contribution in [2.75, 3.05) is 19.0 Å². The SMILES string of the molecule is CNc1ccn([C@@H]2C(F)=C(CO)[C@@H](O)[C@H]2O)c(=O)n1. The predicted molar refractivity (Wildman–Crippen MR) is 64.3 cm³/mol. The molecular weight excluding hydrogens is 257 g/mol. The highest BCUT2D eigenvalue weighted by Gasteiger charge is 2.43. The molecule has 0 aliphatic heterocycles. The Morgan fingerprint density at radius 2 is 2.21 bits per heavy atom. The van der Waals surface area contributed by atoms with E-state index in [0.717, 1.165) is 4.57 Å². The van der Waals surface area contributed by atoms with Gasteiger partial charge < -0.3 is 20.6 Å². The van der Waals surface area contributed by atoms with E-state index in [1.54, 1.807) is 7.05 Å². The largest absolute Gasteiger partial charge is 0.392 e. The van der Waals surface area contributed by atoms with Crippen LogP contribution in [0.3, 0.4) is 0 Å². The van der Waals surface area contributed by atoms with E-state index in [9.17, 15) is 19.4 Å². The second-order valence-electron chi connectivity index (χ2n) is 4.16. The molecule has 2 rings (SSSR count). The van der Waals surface area contributed by atoms with Gasteiger partial charge in [0.15, 0.2) is 0 Å². The van der Waals surface area contributed by atoms with E-state index < -0.39 is 36.4 Å². The summed E-state index contributed by atoms with van der Waals surface area (Å²) in [5.74, 6) is -0.607. The maximum atomic E-state index is 14.0. The second kappa shape index (κ2) is 5.08. The molecule has 0 saturated carbocycles. The van der Waals surface area contributed by atoms with Crippen molar-refractivity contribution in [1.82, 2.24) is 9.55 Å². The van der Waals surface area contributed by atoms with E-state index in [4.69, 9.17) is 5.11 Å². The van der Waals surface area contributed by atoms with Crippen LogP contribution in [0.4, 0.5) is 10.2 Å². The minimum atomic E-state index is -1.54. The van der Waals surface area contributed by atoms with Crippen molar-refractivity contribution in [3.05, 3.63) is 34.1 Å². The number of aliphatic hydroxyl groups is 3. The second-order valence-corrected chi connectivity index (χ2v) is 4.16. The molecule has 0 radical (unpaired) electrons. The van der Waals surface area contributed by atoms with Gasteiger partial charge in [0.25, 0.3) is 0 Å². The Hall–Kier alpha value is -1.77. The number of hydrogen-bond donors (Lipinski definition) is 4. The Kier molecular flexibility index (Phi) is 3.65. The third kappa shape index (κ3) is 2.14. The standard InChI is InChI=1S/C11H14FN3O4/c1-13-6-2-3-15(11(19)14-6)8-7(12)5(4-16)9(17)10(8)18/h2-3,8-10,16-18H,4H2,1H3,(H,13,14,19)/t8-,9-,10+/m1/s1. The van der Waals surface area contributed by atoms with Gasteiger partial charge in [-0.25, -0.2) is 9.18 Å². The number of aromatic nitrogens is 2. The van der Waals surface area contributed by atoms with E-state index in [1.807, 2.05) is 0 Å². The van der Waals surface area contributed by atoms with Gasteiger partial charge >= 0.3 is 5.69 Å². The number of rotatable bonds is 3. The third-order valence-electron chi connectivity index (χ3n) is 3.13. The predicted octanol–water partition coefficient (Wildman–Crippen LogP) is -1.22. The molecule has 0 bridgehead atoms. The lowest BCUT2D eigenvalue weighted by Gasteiger charge is -2.19. The minimum Gasteiger partial charge on any atom is -0.392 e. The molecule has 19 heavy (non-hydrogen) atoms. The van der Waals surface area contributed by atoms with Crippen molar-refractivity contribution in [3.63, 3.8) is 0 Å². The molecule has 0 aromatic carbocycles. The Labute approximate surface area is 107 Å². The Bertz CT molecular complexity index is 571. The average Bonchev–Trinajstić information content (AvgIpc) is 2.61. The molecular formula is C11H14FN3O4. The highest BCUT2D eigenvalue weighted by molar-refractivity contribution is 5.32. The fraction of sp³-hybridized carbons (Fsp3) is 0.455. The fourth-order valence-corrected chi connectivity index (χ4v) is 2.08. The highest BCUT2D eigenvalue weighted by atomic mass is 19.1. The lowest BCUT2D eigenvalue weighted by molar-refractivity contribution is 0.0244.